The minimum Gasteiger partial charge on any atom is -0.493 e. The molecule has 1 fully saturated rings. The van der Waals surface area contributed by atoms with Gasteiger partial charge in [-0.1, -0.05) is 35.9 Å². The lowest BCUT2D eigenvalue weighted by Gasteiger charge is -2.38. The number of hydrogen-bond donors (Lipinski definition) is 1. The first-order chi connectivity index (χ1) is 18.8. The molecule has 204 valence electrons. The first-order valence-corrected chi connectivity index (χ1v) is 13.7. The summed E-state index contributed by atoms with van der Waals surface area (Å²) in [6.07, 6.45) is 0.204. The highest BCUT2D eigenvalue weighted by Gasteiger charge is 2.36. The lowest BCUT2D eigenvalue weighted by atomic mass is 9.86. The molecule has 3 aromatic carbocycles. The van der Waals surface area contributed by atoms with Crippen LogP contribution in [-0.4, -0.2) is 49.6 Å². The average Bonchev–Trinajstić information content (AvgIpc) is 2.92. The zero-order valence-corrected chi connectivity index (χ0v) is 23.5. The fourth-order valence-corrected chi connectivity index (χ4v) is 5.58. The van der Waals surface area contributed by atoms with Crippen molar-refractivity contribution < 1.29 is 19.1 Å². The number of nitrogens with zero attached hydrogens (tertiary/aromatic N) is 2. The molecule has 39 heavy (non-hydrogen) atoms. The second kappa shape index (κ2) is 11.3. The Kier molecular flexibility index (Phi) is 7.82. The highest BCUT2D eigenvalue weighted by Crippen LogP contribution is 2.44. The van der Waals surface area contributed by atoms with Crippen LogP contribution < -0.4 is 19.7 Å². The van der Waals surface area contributed by atoms with E-state index in [-0.39, 0.29) is 36.4 Å². The van der Waals surface area contributed by atoms with Gasteiger partial charge in [-0.05, 0) is 79.4 Å². The van der Waals surface area contributed by atoms with Crippen molar-refractivity contribution in [1.82, 2.24) is 10.2 Å². The first-order valence-electron chi connectivity index (χ1n) is 13.3. The molecule has 0 aliphatic carbocycles. The van der Waals surface area contributed by atoms with Crippen LogP contribution in [0.25, 0.3) is 0 Å². The molecule has 0 radical (unpaired) electrons. The number of fused-ring (bicyclic) bond motifs is 1. The van der Waals surface area contributed by atoms with Crippen LogP contribution in [0.5, 0.6) is 11.5 Å². The number of carbonyl (C=O) groups is 2. The molecular formula is C31H34ClN3O4. The van der Waals surface area contributed by atoms with E-state index in [2.05, 4.69) is 5.32 Å². The predicted octanol–water partition coefficient (Wildman–Crippen LogP) is 5.31. The van der Waals surface area contributed by atoms with Crippen molar-refractivity contribution in [1.29, 1.82) is 0 Å². The van der Waals surface area contributed by atoms with Gasteiger partial charge in [0.2, 0.25) is 11.8 Å². The maximum atomic E-state index is 13.7. The fraction of sp³-hybridized carbons (Fsp3) is 0.355. The number of methoxy groups -OCH3 is 1. The van der Waals surface area contributed by atoms with Crippen LogP contribution in [-0.2, 0) is 16.0 Å². The molecule has 2 amide bonds. The highest BCUT2D eigenvalue weighted by atomic mass is 35.5. The van der Waals surface area contributed by atoms with E-state index in [1.165, 1.54) is 0 Å². The van der Waals surface area contributed by atoms with Gasteiger partial charge in [-0.15, -0.1) is 0 Å². The molecule has 2 atom stereocenters. The number of anilines is 1. The molecule has 2 aliphatic heterocycles. The van der Waals surface area contributed by atoms with Crippen LogP contribution in [0.4, 0.5) is 5.69 Å². The van der Waals surface area contributed by atoms with Gasteiger partial charge in [-0.25, -0.2) is 0 Å². The van der Waals surface area contributed by atoms with Gasteiger partial charge in [0.15, 0.2) is 11.5 Å². The molecule has 8 heteroatoms. The van der Waals surface area contributed by atoms with Gasteiger partial charge < -0.3 is 24.6 Å². The zero-order chi connectivity index (χ0) is 27.7. The largest absolute Gasteiger partial charge is 0.493 e. The Morgan fingerprint density at radius 2 is 1.67 bits per heavy atom. The summed E-state index contributed by atoms with van der Waals surface area (Å²) in [5.41, 5.74) is 4.65. The summed E-state index contributed by atoms with van der Waals surface area (Å²) < 4.78 is 11.7. The van der Waals surface area contributed by atoms with E-state index in [4.69, 9.17) is 21.1 Å². The van der Waals surface area contributed by atoms with E-state index in [0.29, 0.717) is 29.6 Å². The van der Waals surface area contributed by atoms with Gasteiger partial charge >= 0.3 is 0 Å². The third kappa shape index (κ3) is 5.47. The Morgan fingerprint density at radius 3 is 2.31 bits per heavy atom. The van der Waals surface area contributed by atoms with Gasteiger partial charge in [-0.2, -0.15) is 0 Å². The van der Waals surface area contributed by atoms with Crippen molar-refractivity contribution in [3.63, 3.8) is 0 Å². The highest BCUT2D eigenvalue weighted by molar-refractivity contribution is 6.30. The summed E-state index contributed by atoms with van der Waals surface area (Å²) in [5, 5.41) is 3.75. The third-order valence-corrected chi connectivity index (χ3v) is 7.64. The van der Waals surface area contributed by atoms with E-state index in [1.807, 2.05) is 91.2 Å². The fourth-order valence-electron chi connectivity index (χ4n) is 5.45. The number of halogens is 1. The average molecular weight is 548 g/mol. The molecule has 5 rings (SSSR count). The Hall–Kier alpha value is -3.55. The van der Waals surface area contributed by atoms with Crippen LogP contribution in [0.2, 0.25) is 5.02 Å². The van der Waals surface area contributed by atoms with Gasteiger partial charge in [0.25, 0.3) is 0 Å². The number of hydrogen-bond acceptors (Lipinski definition) is 5. The topological polar surface area (TPSA) is 71.1 Å². The second-order valence-electron chi connectivity index (χ2n) is 10.3. The van der Waals surface area contributed by atoms with Crippen molar-refractivity contribution in [3.8, 4) is 11.5 Å². The van der Waals surface area contributed by atoms with E-state index >= 15 is 0 Å². The van der Waals surface area contributed by atoms with Crippen molar-refractivity contribution in [2.24, 2.45) is 0 Å². The summed E-state index contributed by atoms with van der Waals surface area (Å²) in [6, 6.07) is 19.1. The molecule has 0 spiro atoms. The normalized spacial score (nSPS) is 18.3. The Morgan fingerprint density at radius 1 is 0.949 bits per heavy atom. The number of piperazine rings is 1. The van der Waals surface area contributed by atoms with Crippen molar-refractivity contribution in [2.75, 3.05) is 31.6 Å². The van der Waals surface area contributed by atoms with E-state index in [0.717, 1.165) is 34.5 Å². The molecular weight excluding hydrogens is 514 g/mol. The lowest BCUT2D eigenvalue weighted by molar-refractivity contribution is -0.134. The summed E-state index contributed by atoms with van der Waals surface area (Å²) in [6.45, 7) is 7.81. The first kappa shape index (κ1) is 27.0. The number of nitrogens with one attached hydrogen (secondary N) is 1. The summed E-state index contributed by atoms with van der Waals surface area (Å²) in [5.74, 6) is 1.34. The number of carbonyl (C=O) groups excluding carboxylic acids is 2. The van der Waals surface area contributed by atoms with Crippen molar-refractivity contribution in [3.05, 3.63) is 87.9 Å². The van der Waals surface area contributed by atoms with Gasteiger partial charge in [-0.3, -0.25) is 9.59 Å². The molecule has 1 unspecified atom stereocenters. The van der Waals surface area contributed by atoms with Gasteiger partial charge in [0, 0.05) is 23.8 Å². The Bertz CT molecular complexity index is 1360. The number of ether oxygens (including phenoxy) is 2. The number of amides is 2. The van der Waals surface area contributed by atoms with E-state index < -0.39 is 0 Å². The van der Waals surface area contributed by atoms with Crippen molar-refractivity contribution >= 4 is 29.1 Å². The van der Waals surface area contributed by atoms with Crippen LogP contribution >= 0.6 is 11.6 Å². The second-order valence-corrected chi connectivity index (χ2v) is 10.7. The maximum absolute atomic E-state index is 13.7. The molecule has 1 N–H and O–H groups in total. The smallest absolute Gasteiger partial charge is 0.237 e. The third-order valence-electron chi connectivity index (χ3n) is 7.38. The summed E-state index contributed by atoms with van der Waals surface area (Å²) >= 11 is 6.23. The van der Waals surface area contributed by atoms with Crippen LogP contribution in [0.3, 0.4) is 0 Å². The Balaban J connectivity index is 1.56. The van der Waals surface area contributed by atoms with Crippen LogP contribution in [0.1, 0.15) is 55.1 Å². The van der Waals surface area contributed by atoms with Gasteiger partial charge in [0.1, 0.15) is 0 Å². The number of rotatable bonds is 7. The van der Waals surface area contributed by atoms with Crippen LogP contribution in [0, 0.1) is 0 Å². The minimum atomic E-state index is -0.378. The molecule has 1 saturated heterocycles. The van der Waals surface area contributed by atoms with E-state index in [9.17, 15) is 9.59 Å². The quantitative estimate of drug-likeness (QED) is 0.434. The lowest BCUT2D eigenvalue weighted by Crippen LogP contribution is -2.48. The molecule has 0 bridgehead atoms. The molecule has 0 aromatic heterocycles. The predicted molar refractivity (Wildman–Crippen MR) is 153 cm³/mol. The molecule has 2 heterocycles. The SMILES string of the molecule is COc1cc2c(cc1OC(C)C)[C@H](c1ccc(Cl)cc1)N(c1ccc(C(C)N3CCNCC3=O)cc1)C(=O)C2. The summed E-state index contributed by atoms with van der Waals surface area (Å²) in [4.78, 5) is 29.9. The van der Waals surface area contributed by atoms with Crippen LogP contribution in [0.15, 0.2) is 60.7 Å². The monoisotopic (exact) mass is 547 g/mol. The molecule has 0 saturated carbocycles. The van der Waals surface area contributed by atoms with Crippen molar-refractivity contribution in [2.45, 2.75) is 45.4 Å². The minimum absolute atomic E-state index is 0.0138. The molecule has 2 aliphatic rings. The molecule has 7 nitrogen and oxygen atoms in total. The van der Waals surface area contributed by atoms with Gasteiger partial charge in [0.05, 0.1) is 38.3 Å². The number of benzene rings is 3. The standard InChI is InChI=1S/C31H34ClN3O4/c1-19(2)39-28-17-26-23(15-27(28)38-4)16-29(36)35(31(26)22-5-9-24(32)10-6-22)25-11-7-21(8-12-25)20(3)34-14-13-33-18-30(34)37/h5-12,15,17,19-20,31,33H,13-14,16,18H2,1-4H3/t20?,31-/m0/s1. The zero-order valence-electron chi connectivity index (χ0n) is 22.7. The Labute approximate surface area is 234 Å². The molecule has 3 aromatic rings. The summed E-state index contributed by atoms with van der Waals surface area (Å²) in [7, 11) is 1.61. The van der Waals surface area contributed by atoms with E-state index in [1.54, 1.807) is 7.11 Å². The maximum Gasteiger partial charge on any atom is 0.237 e.